The second-order valence-corrected chi connectivity index (χ2v) is 7.81. The molecule has 0 aliphatic carbocycles. The smallest absolute Gasteiger partial charge is 0.198 e. The van der Waals surface area contributed by atoms with E-state index in [1.54, 1.807) is 0 Å². The Labute approximate surface area is 159 Å². The van der Waals surface area contributed by atoms with Gasteiger partial charge in [-0.1, -0.05) is 25.1 Å². The number of H-pyrrole nitrogens is 1. The van der Waals surface area contributed by atoms with Gasteiger partial charge in [0.25, 0.3) is 0 Å². The summed E-state index contributed by atoms with van der Waals surface area (Å²) in [4.78, 5) is 18.2. The van der Waals surface area contributed by atoms with E-state index in [9.17, 15) is 4.79 Å². The molecule has 0 radical (unpaired) electrons. The third-order valence-electron chi connectivity index (χ3n) is 5.55. The summed E-state index contributed by atoms with van der Waals surface area (Å²) < 4.78 is 5.92. The van der Waals surface area contributed by atoms with Crippen molar-refractivity contribution >= 4 is 10.9 Å². The summed E-state index contributed by atoms with van der Waals surface area (Å²) >= 11 is 0. The van der Waals surface area contributed by atoms with E-state index in [1.165, 1.54) is 17.7 Å². The number of hydrogen-bond acceptors (Lipinski definition) is 2. The highest BCUT2D eigenvalue weighted by Crippen LogP contribution is 2.24. The number of fused-ring (bicyclic) bond motifs is 1. The van der Waals surface area contributed by atoms with Crippen LogP contribution in [0.4, 0.5) is 0 Å². The van der Waals surface area contributed by atoms with Crippen LogP contribution in [-0.4, -0.2) is 18.1 Å². The lowest BCUT2D eigenvalue weighted by molar-refractivity contribution is -0.922. The fourth-order valence-corrected chi connectivity index (χ4v) is 4.14. The van der Waals surface area contributed by atoms with Gasteiger partial charge in [0.2, 0.25) is 0 Å². The van der Waals surface area contributed by atoms with E-state index >= 15 is 0 Å². The number of aromatic amines is 1. The largest absolute Gasteiger partial charge is 0.457 e. The van der Waals surface area contributed by atoms with Crippen molar-refractivity contribution in [1.82, 2.24) is 4.98 Å². The number of aryl methyl sites for hydroxylation is 1. The number of rotatable bonds is 4. The Balaban J connectivity index is 1.67. The van der Waals surface area contributed by atoms with Crippen molar-refractivity contribution in [3.8, 4) is 11.5 Å². The lowest BCUT2D eigenvalue weighted by Crippen LogP contribution is -3.12. The van der Waals surface area contributed by atoms with Crippen LogP contribution in [0.3, 0.4) is 0 Å². The predicted molar refractivity (Wildman–Crippen MR) is 109 cm³/mol. The first-order valence-electron chi connectivity index (χ1n) is 9.82. The molecule has 1 saturated heterocycles. The molecule has 4 heteroatoms. The number of para-hydroxylation sites is 1. The van der Waals surface area contributed by atoms with Crippen LogP contribution in [0.5, 0.6) is 11.5 Å². The van der Waals surface area contributed by atoms with Crippen molar-refractivity contribution in [3.05, 3.63) is 70.0 Å². The summed E-state index contributed by atoms with van der Waals surface area (Å²) in [5.74, 6) is 2.19. The Morgan fingerprint density at radius 3 is 2.74 bits per heavy atom. The van der Waals surface area contributed by atoms with Crippen LogP contribution in [0, 0.1) is 12.8 Å². The maximum absolute atomic E-state index is 13.2. The Bertz CT molecular complexity index is 994. The van der Waals surface area contributed by atoms with Gasteiger partial charge >= 0.3 is 0 Å². The van der Waals surface area contributed by atoms with Gasteiger partial charge < -0.3 is 14.6 Å². The van der Waals surface area contributed by atoms with Crippen molar-refractivity contribution < 1.29 is 9.64 Å². The lowest BCUT2D eigenvalue weighted by Gasteiger charge is -2.28. The molecule has 4 rings (SSSR count). The maximum atomic E-state index is 13.2. The second kappa shape index (κ2) is 7.57. The molecule has 3 aromatic rings. The minimum absolute atomic E-state index is 0.130. The average Bonchev–Trinajstić information content (AvgIpc) is 2.67. The van der Waals surface area contributed by atoms with E-state index < -0.39 is 0 Å². The monoisotopic (exact) mass is 363 g/mol. The molecule has 0 bridgehead atoms. The number of nitrogens with one attached hydrogen (secondary N) is 2. The first kappa shape index (κ1) is 17.8. The fraction of sp³-hybridized carbons (Fsp3) is 0.348. The van der Waals surface area contributed by atoms with Crippen LogP contribution >= 0.6 is 0 Å². The molecule has 1 fully saturated rings. The Morgan fingerprint density at radius 1 is 1.15 bits per heavy atom. The molecule has 1 aliphatic rings. The Kier molecular flexibility index (Phi) is 4.99. The number of benzene rings is 2. The first-order valence-corrected chi connectivity index (χ1v) is 9.82. The van der Waals surface area contributed by atoms with Crippen molar-refractivity contribution in [2.24, 2.45) is 5.92 Å². The molecule has 1 aliphatic heterocycles. The van der Waals surface area contributed by atoms with Gasteiger partial charge in [0.15, 0.2) is 5.43 Å². The molecule has 2 aromatic carbocycles. The summed E-state index contributed by atoms with van der Waals surface area (Å²) in [6.07, 6.45) is 2.55. The molecule has 0 saturated carbocycles. The molecule has 4 nitrogen and oxygen atoms in total. The minimum Gasteiger partial charge on any atom is -0.457 e. The highest BCUT2D eigenvalue weighted by molar-refractivity contribution is 5.81. The van der Waals surface area contributed by atoms with E-state index in [2.05, 4.69) is 11.9 Å². The van der Waals surface area contributed by atoms with E-state index in [-0.39, 0.29) is 5.43 Å². The van der Waals surface area contributed by atoms with Gasteiger partial charge in [0.1, 0.15) is 18.0 Å². The van der Waals surface area contributed by atoms with Crippen LogP contribution in [0.2, 0.25) is 0 Å². The van der Waals surface area contributed by atoms with Gasteiger partial charge in [-0.2, -0.15) is 0 Å². The predicted octanol–water partition coefficient (Wildman–Crippen LogP) is 3.44. The third kappa shape index (κ3) is 3.91. The standard InChI is InChI=1S/C23H26N2O2/c1-16-7-6-12-25(14-16)15-21-17(2)24-22-11-10-19(13-20(22)23(21)26)27-18-8-4-3-5-9-18/h3-5,8-11,13,16H,6-7,12,14-15H2,1-2H3,(H,24,26)/p+1. The molecule has 1 aromatic heterocycles. The number of hydrogen-bond donors (Lipinski definition) is 2. The molecule has 0 amide bonds. The van der Waals surface area contributed by atoms with Crippen molar-refractivity contribution in [2.75, 3.05) is 13.1 Å². The topological polar surface area (TPSA) is 46.5 Å². The van der Waals surface area contributed by atoms with E-state index in [0.29, 0.717) is 11.1 Å². The van der Waals surface area contributed by atoms with E-state index in [0.717, 1.165) is 48.1 Å². The van der Waals surface area contributed by atoms with Gasteiger partial charge in [0.05, 0.1) is 18.7 Å². The van der Waals surface area contributed by atoms with E-state index in [1.807, 2.05) is 55.5 Å². The summed E-state index contributed by atoms with van der Waals surface area (Å²) in [5.41, 5.74) is 2.88. The van der Waals surface area contributed by atoms with Gasteiger partial charge in [-0.15, -0.1) is 0 Å². The van der Waals surface area contributed by atoms with Gasteiger partial charge in [-0.3, -0.25) is 4.79 Å². The number of piperidine rings is 1. The number of pyridine rings is 1. The Morgan fingerprint density at radius 2 is 1.96 bits per heavy atom. The highest BCUT2D eigenvalue weighted by atomic mass is 16.5. The summed E-state index contributed by atoms with van der Waals surface area (Å²) in [7, 11) is 0. The number of likely N-dealkylation sites (tertiary alicyclic amines) is 1. The zero-order chi connectivity index (χ0) is 18.8. The molecule has 140 valence electrons. The van der Waals surface area contributed by atoms with Gasteiger partial charge in [-0.25, -0.2) is 0 Å². The molecule has 2 N–H and O–H groups in total. The highest BCUT2D eigenvalue weighted by Gasteiger charge is 2.22. The van der Waals surface area contributed by atoms with E-state index in [4.69, 9.17) is 4.74 Å². The molecule has 2 heterocycles. The van der Waals surface area contributed by atoms with Crippen molar-refractivity contribution in [1.29, 1.82) is 0 Å². The van der Waals surface area contributed by atoms with Gasteiger partial charge in [0, 0.05) is 22.5 Å². The quantitative estimate of drug-likeness (QED) is 0.746. The molecule has 2 unspecified atom stereocenters. The summed E-state index contributed by atoms with van der Waals surface area (Å²) in [5, 5.41) is 0.702. The minimum atomic E-state index is 0.130. The summed E-state index contributed by atoms with van der Waals surface area (Å²) in [6.45, 7) is 7.42. The third-order valence-corrected chi connectivity index (χ3v) is 5.55. The van der Waals surface area contributed by atoms with Crippen LogP contribution in [0.25, 0.3) is 10.9 Å². The van der Waals surface area contributed by atoms with Crippen molar-refractivity contribution in [2.45, 2.75) is 33.2 Å². The average molecular weight is 363 g/mol. The first-order chi connectivity index (χ1) is 13.1. The van der Waals surface area contributed by atoms with Crippen LogP contribution in [0.15, 0.2) is 53.3 Å². The zero-order valence-electron chi connectivity index (χ0n) is 16.0. The molecule has 27 heavy (non-hydrogen) atoms. The maximum Gasteiger partial charge on any atom is 0.198 e. The molecule has 0 spiro atoms. The summed E-state index contributed by atoms with van der Waals surface area (Å²) in [6, 6.07) is 15.4. The normalized spacial score (nSPS) is 19.9. The number of aromatic nitrogens is 1. The van der Waals surface area contributed by atoms with Crippen LogP contribution < -0.4 is 15.1 Å². The molecule has 2 atom stereocenters. The van der Waals surface area contributed by atoms with Crippen LogP contribution in [-0.2, 0) is 6.54 Å². The van der Waals surface area contributed by atoms with Crippen LogP contribution in [0.1, 0.15) is 31.0 Å². The van der Waals surface area contributed by atoms with Crippen molar-refractivity contribution in [3.63, 3.8) is 0 Å². The Hall–Kier alpha value is -2.59. The van der Waals surface area contributed by atoms with Gasteiger partial charge in [-0.05, 0) is 50.1 Å². The zero-order valence-corrected chi connectivity index (χ0v) is 16.0. The second-order valence-electron chi connectivity index (χ2n) is 7.81. The number of quaternary nitrogens is 1. The molecular formula is C23H27N2O2+. The lowest BCUT2D eigenvalue weighted by atomic mass is 9.99. The number of ether oxygens (including phenoxy) is 1. The fourth-order valence-electron chi connectivity index (χ4n) is 4.14. The molecular weight excluding hydrogens is 336 g/mol. The SMILES string of the molecule is Cc1[nH]c2ccc(Oc3ccccc3)cc2c(=O)c1C[NH+]1CCCC(C)C1.